The van der Waals surface area contributed by atoms with Crippen LogP contribution in [0.15, 0.2) is 47.6 Å². The molecule has 4 fully saturated rings. The Labute approximate surface area is 168 Å². The summed E-state index contributed by atoms with van der Waals surface area (Å²) in [5, 5.41) is 4.04. The molecule has 6 heteroatoms. The van der Waals surface area contributed by atoms with Gasteiger partial charge in [0, 0.05) is 10.9 Å². The minimum atomic E-state index is -4.30. The van der Waals surface area contributed by atoms with Gasteiger partial charge in [0.25, 0.3) is 0 Å². The Morgan fingerprint density at radius 3 is 1.93 bits per heavy atom. The zero-order valence-electron chi connectivity index (χ0n) is 16.1. The van der Waals surface area contributed by atoms with Gasteiger partial charge in [-0.15, -0.1) is 0 Å². The molecule has 3 saturated carbocycles. The number of alkyl halides is 3. The van der Waals surface area contributed by atoms with Gasteiger partial charge in [-0.05, 0) is 69.7 Å². The van der Waals surface area contributed by atoms with E-state index >= 15 is 0 Å². The molecule has 0 radical (unpaired) electrons. The van der Waals surface area contributed by atoms with Gasteiger partial charge < -0.3 is 5.32 Å². The predicted octanol–water partition coefficient (Wildman–Crippen LogP) is 5.64. The summed E-state index contributed by atoms with van der Waals surface area (Å²) in [5.74, 6) is 0.825. The second-order valence-corrected chi connectivity index (χ2v) is 10.1. The summed E-state index contributed by atoms with van der Waals surface area (Å²) in [4.78, 5) is 3.97. The molecule has 2 aromatic rings. The van der Waals surface area contributed by atoms with E-state index in [0.717, 1.165) is 36.3 Å². The first-order chi connectivity index (χ1) is 13.2. The van der Waals surface area contributed by atoms with Crippen molar-refractivity contribution in [3.63, 3.8) is 0 Å². The average Bonchev–Trinajstić information content (AvgIpc) is 2.53. The van der Waals surface area contributed by atoms with Crippen molar-refractivity contribution in [2.24, 2.45) is 11.3 Å². The van der Waals surface area contributed by atoms with Gasteiger partial charge in [0.05, 0.1) is 10.6 Å². The van der Waals surface area contributed by atoms with E-state index in [0.29, 0.717) is 5.41 Å². The first kappa shape index (κ1) is 19.8. The number of aryl methyl sites for hydroxylation is 2. The molecule has 0 atom stereocenters. The fourth-order valence-electron chi connectivity index (χ4n) is 4.50. The maximum Gasteiger partial charge on any atom is 0.417 e. The molecular formula is C22H25F3N2S. The minimum absolute atomic E-state index is 0.266. The van der Waals surface area contributed by atoms with Gasteiger partial charge >= 0.3 is 6.18 Å². The maximum absolute atomic E-state index is 12.5. The van der Waals surface area contributed by atoms with Gasteiger partial charge in [0.15, 0.2) is 0 Å². The summed E-state index contributed by atoms with van der Waals surface area (Å²) in [6.07, 6.45) is 0.270. The van der Waals surface area contributed by atoms with E-state index < -0.39 is 11.7 Å². The van der Waals surface area contributed by atoms with Crippen molar-refractivity contribution in [3.05, 3.63) is 59.3 Å². The summed E-state index contributed by atoms with van der Waals surface area (Å²) in [7, 11) is 0. The highest BCUT2D eigenvalue weighted by Crippen LogP contribution is 2.77. The smallest absolute Gasteiger partial charge is 0.316 e. The van der Waals surface area contributed by atoms with E-state index in [9.17, 15) is 13.2 Å². The Kier molecular flexibility index (Phi) is 4.99. The molecule has 1 aliphatic heterocycles. The van der Waals surface area contributed by atoms with Crippen molar-refractivity contribution in [1.82, 2.24) is 10.3 Å². The highest BCUT2D eigenvalue weighted by Gasteiger charge is 2.71. The van der Waals surface area contributed by atoms with Gasteiger partial charge in [0.1, 0.15) is 0 Å². The maximum atomic E-state index is 12.5. The van der Waals surface area contributed by atoms with E-state index in [2.05, 4.69) is 48.4 Å². The Morgan fingerprint density at radius 1 is 0.964 bits per heavy atom. The number of halogens is 3. The number of aromatic nitrogens is 1. The van der Waals surface area contributed by atoms with E-state index in [1.807, 2.05) is 0 Å². The number of nitrogens with one attached hydrogen (secondary N) is 1. The van der Waals surface area contributed by atoms with Crippen LogP contribution in [0.25, 0.3) is 0 Å². The lowest BCUT2D eigenvalue weighted by molar-refractivity contribution is -0.138. The number of hydrogen-bond donors (Lipinski definition) is 1. The van der Waals surface area contributed by atoms with Crippen molar-refractivity contribution in [3.8, 4) is 0 Å². The highest BCUT2D eigenvalue weighted by molar-refractivity contribution is 8.00. The van der Waals surface area contributed by atoms with E-state index in [4.69, 9.17) is 0 Å². The van der Waals surface area contributed by atoms with Crippen LogP contribution in [0.2, 0.25) is 0 Å². The number of rotatable bonds is 3. The average molecular weight is 407 g/mol. The summed E-state index contributed by atoms with van der Waals surface area (Å²) < 4.78 is 37.7. The van der Waals surface area contributed by atoms with E-state index in [-0.39, 0.29) is 4.75 Å². The number of pyridine rings is 1. The fourth-order valence-corrected chi connectivity index (χ4v) is 6.26. The third-order valence-corrected chi connectivity index (χ3v) is 7.59. The van der Waals surface area contributed by atoms with E-state index in [1.165, 1.54) is 36.5 Å². The lowest BCUT2D eigenvalue weighted by Gasteiger charge is -2.74. The molecule has 6 rings (SSSR count). The van der Waals surface area contributed by atoms with Crippen LogP contribution < -0.4 is 5.32 Å². The monoisotopic (exact) mass is 406 g/mol. The summed E-state index contributed by atoms with van der Waals surface area (Å²) in [6, 6.07) is 11.1. The van der Waals surface area contributed by atoms with Crippen molar-refractivity contribution in [2.75, 3.05) is 13.1 Å². The van der Waals surface area contributed by atoms with Crippen molar-refractivity contribution >= 4 is 11.8 Å². The highest BCUT2D eigenvalue weighted by atomic mass is 32.2. The quantitative estimate of drug-likeness (QED) is 0.714. The molecule has 0 unspecified atom stereocenters. The van der Waals surface area contributed by atoms with Crippen LogP contribution in [0.4, 0.5) is 13.2 Å². The normalized spacial score (nSPS) is 28.3. The van der Waals surface area contributed by atoms with Crippen LogP contribution in [0.1, 0.15) is 36.0 Å². The summed E-state index contributed by atoms with van der Waals surface area (Å²) >= 11 is 1.67. The lowest BCUT2D eigenvalue weighted by atomic mass is 9.38. The number of hydrogen-bond acceptors (Lipinski definition) is 3. The number of nitrogens with zero attached hydrogens (tertiary/aromatic N) is 1. The van der Waals surface area contributed by atoms with Gasteiger partial charge in [-0.3, -0.25) is 0 Å². The summed E-state index contributed by atoms with van der Waals surface area (Å²) in [5.41, 5.74) is 2.53. The molecule has 2 heterocycles. The molecule has 4 aliphatic rings. The molecule has 1 N–H and O–H groups in total. The zero-order chi connectivity index (χ0) is 20.0. The third-order valence-electron chi connectivity index (χ3n) is 6.27. The Bertz CT molecular complexity index is 786. The lowest BCUT2D eigenvalue weighted by Crippen LogP contribution is -2.72. The van der Waals surface area contributed by atoms with Crippen LogP contribution in [-0.4, -0.2) is 22.8 Å². The fraction of sp³-hybridized carbons (Fsp3) is 0.500. The molecule has 0 amide bonds. The minimum Gasteiger partial charge on any atom is -0.316 e. The van der Waals surface area contributed by atoms with Gasteiger partial charge in [-0.2, -0.15) is 13.2 Å². The largest absolute Gasteiger partial charge is 0.417 e. The molecule has 0 spiro atoms. The van der Waals surface area contributed by atoms with Crippen LogP contribution in [0.3, 0.4) is 0 Å². The molecule has 1 saturated heterocycles. The first-order valence-corrected chi connectivity index (χ1v) is 10.5. The Balaban J connectivity index is 0.000000203. The molecule has 1 aromatic carbocycles. The van der Waals surface area contributed by atoms with Crippen LogP contribution in [0, 0.1) is 25.2 Å². The van der Waals surface area contributed by atoms with E-state index in [1.54, 1.807) is 11.8 Å². The molecule has 150 valence electrons. The van der Waals surface area contributed by atoms with Crippen LogP contribution in [0.5, 0.6) is 0 Å². The molecule has 28 heavy (non-hydrogen) atoms. The number of benzene rings is 1. The standard InChI is InChI=1S/C14H15F3N2S.C8H10/c15-14(16,17)9-1-2-11(19-5-9)20-13-6-12(7-13,8-13)10-3-18-4-10;1-7-3-5-8(2)6-4-7/h1-2,5,10,18H,3-4,6-8H2;3-6H,1-2H3. The second kappa shape index (κ2) is 7.06. The Morgan fingerprint density at radius 2 is 1.54 bits per heavy atom. The topological polar surface area (TPSA) is 24.9 Å². The molecular weight excluding hydrogens is 381 g/mol. The molecule has 2 bridgehead atoms. The van der Waals surface area contributed by atoms with Gasteiger partial charge in [-0.25, -0.2) is 4.98 Å². The molecule has 1 aromatic heterocycles. The van der Waals surface area contributed by atoms with Crippen molar-refractivity contribution in [1.29, 1.82) is 0 Å². The Hall–Kier alpha value is -1.53. The zero-order valence-corrected chi connectivity index (χ0v) is 17.0. The second-order valence-electron chi connectivity index (χ2n) is 8.57. The van der Waals surface area contributed by atoms with Gasteiger partial charge in [-0.1, -0.05) is 47.2 Å². The third kappa shape index (κ3) is 3.81. The SMILES string of the molecule is Cc1ccc(C)cc1.FC(F)(F)c1ccc(SC23CC(C4CNC4)(C2)C3)nc1. The first-order valence-electron chi connectivity index (χ1n) is 9.66. The molecule has 2 nitrogen and oxygen atoms in total. The summed E-state index contributed by atoms with van der Waals surface area (Å²) in [6.45, 7) is 6.47. The van der Waals surface area contributed by atoms with Gasteiger partial charge in [0.2, 0.25) is 0 Å². The van der Waals surface area contributed by atoms with Crippen molar-refractivity contribution in [2.45, 2.75) is 49.1 Å². The number of thioether (sulfide) groups is 1. The molecule has 3 aliphatic carbocycles. The van der Waals surface area contributed by atoms with Crippen LogP contribution >= 0.6 is 11.8 Å². The van der Waals surface area contributed by atoms with Crippen LogP contribution in [-0.2, 0) is 6.18 Å². The predicted molar refractivity (Wildman–Crippen MR) is 106 cm³/mol. The van der Waals surface area contributed by atoms with Crippen molar-refractivity contribution < 1.29 is 13.2 Å².